The fourth-order valence-corrected chi connectivity index (χ4v) is 4.32. The van der Waals surface area contributed by atoms with Gasteiger partial charge >= 0.3 is 0 Å². The molecule has 0 aliphatic carbocycles. The zero-order valence-corrected chi connectivity index (χ0v) is 14.1. The molecular formula is C17H16F5OP. The van der Waals surface area contributed by atoms with Gasteiger partial charge in [0.1, 0.15) is 5.75 Å². The van der Waals surface area contributed by atoms with Crippen LogP contribution < -0.4 is 5.30 Å². The van der Waals surface area contributed by atoms with E-state index in [1.54, 1.807) is 32.0 Å². The molecule has 130 valence electrons. The Morgan fingerprint density at radius 1 is 0.833 bits per heavy atom. The van der Waals surface area contributed by atoms with Gasteiger partial charge in [0.05, 0.1) is 5.30 Å². The van der Waals surface area contributed by atoms with Crippen LogP contribution in [-0.4, -0.2) is 5.11 Å². The molecule has 0 saturated heterocycles. The number of hydrogen-bond donors (Lipinski definition) is 1. The van der Waals surface area contributed by atoms with Crippen LogP contribution in [0.4, 0.5) is 22.0 Å². The lowest BCUT2D eigenvalue weighted by molar-refractivity contribution is 0.384. The lowest BCUT2D eigenvalue weighted by Crippen LogP contribution is -2.26. The summed E-state index contributed by atoms with van der Waals surface area (Å²) in [6.07, 6.45) is 0.720. The normalized spacial score (nSPS) is 12.3. The number of aromatic hydroxyl groups is 1. The fourth-order valence-electron chi connectivity index (χ4n) is 2.71. The molecule has 0 aliphatic rings. The summed E-state index contributed by atoms with van der Waals surface area (Å²) >= 11 is 0. The Hall–Kier alpha value is -1.68. The maximum atomic E-state index is 14.0. The van der Waals surface area contributed by atoms with Gasteiger partial charge in [-0.05, 0) is 18.9 Å². The van der Waals surface area contributed by atoms with Crippen LogP contribution in [0.25, 0.3) is 0 Å². The number of phenolic OH excluding ortho intramolecular Hbond substituents is 1. The molecule has 0 radical (unpaired) electrons. The van der Waals surface area contributed by atoms with Gasteiger partial charge in [0.25, 0.3) is 0 Å². The van der Waals surface area contributed by atoms with E-state index in [9.17, 15) is 27.1 Å². The summed E-state index contributed by atoms with van der Waals surface area (Å²) in [5, 5.41) is 8.33. The summed E-state index contributed by atoms with van der Waals surface area (Å²) < 4.78 is 68.2. The second-order valence-electron chi connectivity index (χ2n) is 5.38. The molecule has 2 aromatic rings. The largest absolute Gasteiger partial charge is 0.508 e. The highest BCUT2D eigenvalue weighted by Gasteiger charge is 2.36. The third-order valence-corrected chi connectivity index (χ3v) is 6.34. The van der Waals surface area contributed by atoms with Crippen molar-refractivity contribution in [3.05, 3.63) is 58.9 Å². The molecule has 1 unspecified atom stereocenters. The van der Waals surface area contributed by atoms with Crippen LogP contribution in [0.5, 0.6) is 5.75 Å². The summed E-state index contributed by atoms with van der Waals surface area (Å²) in [6.45, 7) is 3.49. The Labute approximate surface area is 138 Å². The van der Waals surface area contributed by atoms with E-state index in [1.165, 1.54) is 6.07 Å². The van der Waals surface area contributed by atoms with Gasteiger partial charge in [0.15, 0.2) is 23.3 Å². The Kier molecular flexibility index (Phi) is 5.49. The molecule has 0 bridgehead atoms. The number of benzene rings is 2. The minimum atomic E-state index is -2.17. The monoisotopic (exact) mass is 362 g/mol. The highest BCUT2D eigenvalue weighted by Crippen LogP contribution is 2.50. The van der Waals surface area contributed by atoms with Crippen molar-refractivity contribution in [3.63, 3.8) is 0 Å². The smallest absolute Gasteiger partial charge is 0.200 e. The molecule has 7 heteroatoms. The van der Waals surface area contributed by atoms with Crippen LogP contribution >= 0.6 is 8.58 Å². The Balaban J connectivity index is 2.64. The zero-order chi connectivity index (χ0) is 18.1. The van der Waals surface area contributed by atoms with E-state index < -0.39 is 48.1 Å². The first-order chi connectivity index (χ1) is 11.3. The first-order valence-electron chi connectivity index (χ1n) is 7.37. The maximum absolute atomic E-state index is 14.0. The van der Waals surface area contributed by atoms with Gasteiger partial charge in [-0.1, -0.05) is 40.6 Å². The molecule has 0 spiro atoms. The number of hydrogen-bond acceptors (Lipinski definition) is 1. The van der Waals surface area contributed by atoms with E-state index in [4.69, 9.17) is 0 Å². The molecule has 0 aromatic heterocycles. The van der Waals surface area contributed by atoms with Crippen molar-refractivity contribution >= 4 is 13.9 Å². The van der Waals surface area contributed by atoms with E-state index in [1.807, 2.05) is 0 Å². The summed E-state index contributed by atoms with van der Waals surface area (Å²) in [5.41, 5.74) is 0.428. The van der Waals surface area contributed by atoms with Crippen molar-refractivity contribution in [1.82, 2.24) is 0 Å². The summed E-state index contributed by atoms with van der Waals surface area (Å²) in [7, 11) is -0.730. The van der Waals surface area contributed by atoms with Crippen molar-refractivity contribution in [1.29, 1.82) is 0 Å². The minimum absolute atomic E-state index is 0.0717. The Morgan fingerprint density at radius 2 is 1.29 bits per heavy atom. The molecule has 24 heavy (non-hydrogen) atoms. The van der Waals surface area contributed by atoms with Crippen LogP contribution in [0.15, 0.2) is 24.3 Å². The van der Waals surface area contributed by atoms with Crippen LogP contribution in [0.2, 0.25) is 0 Å². The molecule has 2 rings (SSSR count). The molecule has 1 nitrogen and oxygen atoms in total. The van der Waals surface area contributed by atoms with E-state index >= 15 is 0 Å². The zero-order valence-electron chi connectivity index (χ0n) is 13.1. The first kappa shape index (κ1) is 18.7. The SMILES string of the molecule is CCC(CC)(Pc1c(F)c(F)c(F)c(F)c1F)c1ccccc1O. The van der Waals surface area contributed by atoms with E-state index in [0.29, 0.717) is 18.4 Å². The van der Waals surface area contributed by atoms with Gasteiger partial charge in [-0.3, -0.25) is 0 Å². The predicted octanol–water partition coefficient (Wildman–Crippen LogP) is 5.11. The van der Waals surface area contributed by atoms with Crippen LogP contribution in [-0.2, 0) is 5.16 Å². The van der Waals surface area contributed by atoms with Crippen molar-refractivity contribution in [3.8, 4) is 5.75 Å². The van der Waals surface area contributed by atoms with Crippen molar-refractivity contribution in [2.24, 2.45) is 0 Å². The molecular weight excluding hydrogens is 346 g/mol. The number of phenols is 1. The number of para-hydroxylation sites is 1. The molecule has 1 N–H and O–H groups in total. The van der Waals surface area contributed by atoms with Crippen molar-refractivity contribution in [2.75, 3.05) is 0 Å². The quantitative estimate of drug-likeness (QED) is 0.339. The van der Waals surface area contributed by atoms with Gasteiger partial charge < -0.3 is 5.11 Å². The van der Waals surface area contributed by atoms with Gasteiger partial charge in [-0.15, -0.1) is 0 Å². The molecule has 2 aromatic carbocycles. The highest BCUT2D eigenvalue weighted by molar-refractivity contribution is 7.48. The third-order valence-electron chi connectivity index (χ3n) is 4.20. The maximum Gasteiger partial charge on any atom is 0.200 e. The van der Waals surface area contributed by atoms with E-state index in [-0.39, 0.29) is 5.75 Å². The highest BCUT2D eigenvalue weighted by atomic mass is 31.1. The van der Waals surface area contributed by atoms with Gasteiger partial charge in [0.2, 0.25) is 5.82 Å². The second kappa shape index (κ2) is 7.06. The first-order valence-corrected chi connectivity index (χ1v) is 8.37. The molecule has 0 heterocycles. The summed E-state index contributed by atoms with van der Waals surface area (Å²) in [4.78, 5) is 0. The van der Waals surface area contributed by atoms with E-state index in [2.05, 4.69) is 0 Å². The van der Waals surface area contributed by atoms with Gasteiger partial charge in [0, 0.05) is 10.7 Å². The molecule has 0 aliphatic heterocycles. The molecule has 0 fully saturated rings. The molecule has 0 saturated carbocycles. The Morgan fingerprint density at radius 3 is 1.75 bits per heavy atom. The molecule has 0 amide bonds. The molecule has 1 atom stereocenters. The summed E-state index contributed by atoms with van der Waals surface area (Å²) in [6, 6.07) is 6.27. The van der Waals surface area contributed by atoms with Crippen LogP contribution in [0.1, 0.15) is 32.3 Å². The van der Waals surface area contributed by atoms with E-state index in [0.717, 1.165) is 0 Å². The average Bonchev–Trinajstić information content (AvgIpc) is 2.60. The van der Waals surface area contributed by atoms with Gasteiger partial charge in [-0.25, -0.2) is 22.0 Å². The van der Waals surface area contributed by atoms with Crippen molar-refractivity contribution in [2.45, 2.75) is 31.8 Å². The Bertz CT molecular complexity index is 730. The number of rotatable bonds is 5. The van der Waals surface area contributed by atoms with Crippen LogP contribution in [0, 0.1) is 29.1 Å². The lowest BCUT2D eigenvalue weighted by Gasteiger charge is -2.33. The standard InChI is InChI=1S/C17H16F5OP/c1-3-17(4-2,9-7-5-6-8-10(9)23)24-16-14(21)12(19)11(18)13(20)15(16)22/h5-8,23-24H,3-4H2,1-2H3. The van der Waals surface area contributed by atoms with Gasteiger partial charge in [-0.2, -0.15) is 0 Å². The van der Waals surface area contributed by atoms with Crippen molar-refractivity contribution < 1.29 is 27.1 Å². The fraction of sp³-hybridized carbons (Fsp3) is 0.294. The minimum Gasteiger partial charge on any atom is -0.508 e. The number of halogens is 5. The topological polar surface area (TPSA) is 20.2 Å². The average molecular weight is 362 g/mol. The summed E-state index contributed by atoms with van der Waals surface area (Å²) in [5.74, 6) is -9.76. The lowest BCUT2D eigenvalue weighted by atomic mass is 9.92. The predicted molar refractivity (Wildman–Crippen MR) is 84.5 cm³/mol. The third kappa shape index (κ3) is 3.00. The van der Waals surface area contributed by atoms with Crippen LogP contribution in [0.3, 0.4) is 0 Å². The second-order valence-corrected chi connectivity index (χ2v) is 7.08.